The van der Waals surface area contributed by atoms with Gasteiger partial charge < -0.3 is 15.6 Å². The summed E-state index contributed by atoms with van der Waals surface area (Å²) in [6.07, 6.45) is 2.41. The lowest BCUT2D eigenvalue weighted by Crippen LogP contribution is -2.16. The maximum Gasteiger partial charge on any atom is 0.209 e. The van der Waals surface area contributed by atoms with Crippen LogP contribution in [0.1, 0.15) is 30.4 Å². The molecule has 0 amide bonds. The van der Waals surface area contributed by atoms with Crippen LogP contribution in [0.3, 0.4) is 0 Å². The van der Waals surface area contributed by atoms with Crippen molar-refractivity contribution in [3.63, 3.8) is 0 Å². The molecule has 6 heteroatoms. The van der Waals surface area contributed by atoms with Gasteiger partial charge in [-0.2, -0.15) is 5.26 Å². The van der Waals surface area contributed by atoms with Gasteiger partial charge in [0.25, 0.3) is 0 Å². The molecule has 0 radical (unpaired) electrons. The summed E-state index contributed by atoms with van der Waals surface area (Å²) in [5.74, 6) is -0.312. The Morgan fingerprint density at radius 2 is 2.11 bits per heavy atom. The van der Waals surface area contributed by atoms with Crippen LogP contribution in [0.5, 0.6) is 0 Å². The number of nitrogen functional groups attached to an aromatic ring is 1. The predicted molar refractivity (Wildman–Crippen MR) is 104 cm³/mol. The second-order valence-electron chi connectivity index (χ2n) is 6.82. The summed E-state index contributed by atoms with van der Waals surface area (Å²) >= 11 is 0. The number of fused-ring (bicyclic) bond motifs is 1. The van der Waals surface area contributed by atoms with Crippen LogP contribution in [0.2, 0.25) is 0 Å². The Kier molecular flexibility index (Phi) is 4.08. The van der Waals surface area contributed by atoms with Crippen molar-refractivity contribution in [3.05, 3.63) is 69.8 Å². The number of aryl methyl sites for hydroxylation is 1. The zero-order valence-corrected chi connectivity index (χ0v) is 14.9. The van der Waals surface area contributed by atoms with E-state index in [0.717, 1.165) is 6.42 Å². The van der Waals surface area contributed by atoms with Crippen LogP contribution in [0.15, 0.2) is 47.4 Å². The van der Waals surface area contributed by atoms with E-state index in [1.54, 1.807) is 10.6 Å². The average Bonchev–Trinajstić information content (AvgIpc) is 3.46. The Morgan fingerprint density at radius 1 is 1.37 bits per heavy atom. The van der Waals surface area contributed by atoms with Gasteiger partial charge in [0.1, 0.15) is 11.6 Å². The molecule has 3 N–H and O–H groups in total. The molecule has 0 aliphatic heterocycles. The maximum atomic E-state index is 14.9. The fourth-order valence-electron chi connectivity index (χ4n) is 3.62. The highest BCUT2D eigenvalue weighted by molar-refractivity contribution is 5.95. The van der Waals surface area contributed by atoms with Crippen LogP contribution >= 0.6 is 0 Å². The molecule has 3 aromatic rings. The van der Waals surface area contributed by atoms with Crippen molar-refractivity contribution in [2.45, 2.75) is 31.8 Å². The number of nitrogens with two attached hydrogens (primary N) is 1. The van der Waals surface area contributed by atoms with Crippen LogP contribution in [-0.4, -0.2) is 10.6 Å². The summed E-state index contributed by atoms with van der Waals surface area (Å²) in [4.78, 5) is 12.5. The molecule has 0 spiro atoms. The first kappa shape index (κ1) is 17.1. The van der Waals surface area contributed by atoms with Crippen LogP contribution in [-0.2, 0) is 6.54 Å². The van der Waals surface area contributed by atoms with Crippen molar-refractivity contribution in [2.75, 3.05) is 11.1 Å². The van der Waals surface area contributed by atoms with Gasteiger partial charge in [-0.05, 0) is 25.0 Å². The van der Waals surface area contributed by atoms with Crippen molar-refractivity contribution in [3.8, 4) is 6.07 Å². The number of nitriles is 1. The first-order valence-corrected chi connectivity index (χ1v) is 8.91. The van der Waals surface area contributed by atoms with Gasteiger partial charge in [-0.3, -0.25) is 4.79 Å². The van der Waals surface area contributed by atoms with Gasteiger partial charge in [0.2, 0.25) is 5.43 Å². The molecule has 1 fully saturated rings. The molecule has 5 nitrogen and oxygen atoms in total. The maximum absolute atomic E-state index is 14.9. The molecule has 1 aliphatic carbocycles. The minimum Gasteiger partial charge on any atom is -0.396 e. The number of hydrogen-bond donors (Lipinski definition) is 2. The molecule has 2 atom stereocenters. The SMILES string of the molecule is CCn1cc(C#N)c(=O)c2c(N)c(F)c(NC3CC3c3ccccc3)cc21. The number of pyridine rings is 1. The molecule has 2 aromatic carbocycles. The van der Waals surface area contributed by atoms with E-state index in [4.69, 9.17) is 11.0 Å². The molecule has 0 saturated heterocycles. The standard InChI is InChI=1S/C21H19FN4O/c1-2-26-11-13(10-23)21(27)18-17(26)9-16(19(22)20(18)24)25-15-8-14(15)12-6-4-3-5-7-12/h3-7,9,11,14-15,25H,2,8,24H2,1H3. The van der Waals surface area contributed by atoms with Crippen molar-refractivity contribution in [1.29, 1.82) is 5.26 Å². The van der Waals surface area contributed by atoms with Crippen molar-refractivity contribution in [2.24, 2.45) is 0 Å². The Balaban J connectivity index is 1.76. The fraction of sp³-hybridized carbons (Fsp3) is 0.238. The largest absolute Gasteiger partial charge is 0.396 e. The summed E-state index contributed by atoms with van der Waals surface area (Å²) in [5.41, 5.74) is 7.22. The van der Waals surface area contributed by atoms with Gasteiger partial charge in [0.05, 0.1) is 22.3 Å². The Hall–Kier alpha value is -3.33. The molecule has 1 aromatic heterocycles. The second-order valence-corrected chi connectivity index (χ2v) is 6.82. The number of nitrogens with zero attached hydrogens (tertiary/aromatic N) is 2. The monoisotopic (exact) mass is 362 g/mol. The number of anilines is 2. The number of benzene rings is 2. The fourth-order valence-corrected chi connectivity index (χ4v) is 3.62. The quantitative estimate of drug-likeness (QED) is 0.695. The minimum absolute atomic E-state index is 0.0394. The third kappa shape index (κ3) is 2.81. The molecule has 4 rings (SSSR count). The van der Waals surface area contributed by atoms with E-state index in [0.29, 0.717) is 18.0 Å². The van der Waals surface area contributed by atoms with Gasteiger partial charge in [-0.1, -0.05) is 30.3 Å². The molecule has 136 valence electrons. The van der Waals surface area contributed by atoms with Crippen LogP contribution in [0, 0.1) is 17.1 Å². The van der Waals surface area contributed by atoms with Gasteiger partial charge in [-0.25, -0.2) is 4.39 Å². The average molecular weight is 362 g/mol. The first-order valence-electron chi connectivity index (χ1n) is 8.91. The van der Waals surface area contributed by atoms with Gasteiger partial charge in [0, 0.05) is 24.7 Å². The number of halogens is 1. The van der Waals surface area contributed by atoms with E-state index < -0.39 is 11.2 Å². The molecular formula is C21H19FN4O. The molecule has 0 bridgehead atoms. The Labute approximate surface area is 155 Å². The molecular weight excluding hydrogens is 343 g/mol. The number of aromatic nitrogens is 1. The Morgan fingerprint density at radius 3 is 2.78 bits per heavy atom. The zero-order chi connectivity index (χ0) is 19.1. The summed E-state index contributed by atoms with van der Waals surface area (Å²) in [6, 6.07) is 13.7. The smallest absolute Gasteiger partial charge is 0.209 e. The lowest BCUT2D eigenvalue weighted by molar-refractivity contribution is 0.635. The minimum atomic E-state index is -0.643. The topological polar surface area (TPSA) is 83.8 Å². The molecule has 1 aliphatic rings. The summed E-state index contributed by atoms with van der Waals surface area (Å²) in [6.45, 7) is 2.43. The van der Waals surface area contributed by atoms with E-state index in [9.17, 15) is 9.18 Å². The Bertz CT molecular complexity index is 1130. The highest BCUT2D eigenvalue weighted by atomic mass is 19.1. The molecule has 1 heterocycles. The molecule has 27 heavy (non-hydrogen) atoms. The van der Waals surface area contributed by atoms with Gasteiger partial charge in [-0.15, -0.1) is 0 Å². The summed E-state index contributed by atoms with van der Waals surface area (Å²) in [7, 11) is 0. The zero-order valence-electron chi connectivity index (χ0n) is 14.9. The highest BCUT2D eigenvalue weighted by Crippen LogP contribution is 2.43. The second kappa shape index (κ2) is 6.44. The number of nitrogens with one attached hydrogen (secondary N) is 1. The van der Waals surface area contributed by atoms with Gasteiger partial charge >= 0.3 is 0 Å². The van der Waals surface area contributed by atoms with Gasteiger partial charge in [0.15, 0.2) is 5.82 Å². The van der Waals surface area contributed by atoms with Crippen LogP contribution < -0.4 is 16.5 Å². The van der Waals surface area contributed by atoms with Crippen molar-refractivity contribution >= 4 is 22.3 Å². The van der Waals surface area contributed by atoms with E-state index in [1.807, 2.05) is 31.2 Å². The summed E-state index contributed by atoms with van der Waals surface area (Å²) < 4.78 is 16.6. The third-order valence-electron chi connectivity index (χ3n) is 5.17. The third-order valence-corrected chi connectivity index (χ3v) is 5.17. The molecule has 2 unspecified atom stereocenters. The van der Waals surface area contributed by atoms with Crippen LogP contribution in [0.25, 0.3) is 10.9 Å². The number of rotatable bonds is 4. The van der Waals surface area contributed by atoms with E-state index >= 15 is 0 Å². The normalized spacial score (nSPS) is 18.3. The van der Waals surface area contributed by atoms with Crippen LogP contribution in [0.4, 0.5) is 15.8 Å². The summed E-state index contributed by atoms with van der Waals surface area (Å²) in [5, 5.41) is 12.5. The van der Waals surface area contributed by atoms with E-state index in [-0.39, 0.29) is 28.4 Å². The van der Waals surface area contributed by atoms with E-state index in [1.165, 1.54) is 11.8 Å². The highest BCUT2D eigenvalue weighted by Gasteiger charge is 2.38. The molecule has 1 saturated carbocycles. The first-order chi connectivity index (χ1) is 13.0. The lowest BCUT2D eigenvalue weighted by atomic mass is 10.1. The van der Waals surface area contributed by atoms with Crippen molar-refractivity contribution in [1.82, 2.24) is 4.57 Å². The van der Waals surface area contributed by atoms with E-state index in [2.05, 4.69) is 17.4 Å². The number of hydrogen-bond acceptors (Lipinski definition) is 4. The predicted octanol–water partition coefficient (Wildman–Crippen LogP) is 3.58. The van der Waals surface area contributed by atoms with Crippen molar-refractivity contribution < 1.29 is 4.39 Å². The lowest BCUT2D eigenvalue weighted by Gasteiger charge is -2.15.